The van der Waals surface area contributed by atoms with Gasteiger partial charge in [-0.15, -0.1) is 0 Å². The minimum atomic E-state index is -2.62. The van der Waals surface area contributed by atoms with Crippen molar-refractivity contribution >= 4 is 20.5 Å². The molecular formula is C16H27O7P. The van der Waals surface area contributed by atoms with Crippen molar-refractivity contribution in [3.05, 3.63) is 12.2 Å². The van der Waals surface area contributed by atoms with Gasteiger partial charge in [0, 0.05) is 12.2 Å². The molecule has 0 unspecified atom stereocenters. The molecule has 8 heteroatoms. The van der Waals surface area contributed by atoms with Crippen LogP contribution in [0.15, 0.2) is 12.2 Å². The largest absolute Gasteiger partial charge is 0.459 e. The van der Waals surface area contributed by atoms with Gasteiger partial charge in [0.15, 0.2) is 0 Å². The minimum absolute atomic E-state index is 0.0234. The lowest BCUT2D eigenvalue weighted by atomic mass is 9.98. The number of esters is 2. The summed E-state index contributed by atoms with van der Waals surface area (Å²) in [7, 11) is -2.62. The van der Waals surface area contributed by atoms with Gasteiger partial charge in [-0.2, -0.15) is 0 Å². The summed E-state index contributed by atoms with van der Waals surface area (Å²) < 4.78 is 10.6. The van der Waals surface area contributed by atoms with Crippen molar-refractivity contribution in [2.45, 2.75) is 76.4 Å². The monoisotopic (exact) mass is 362 g/mol. The zero-order valence-electron chi connectivity index (χ0n) is 13.8. The van der Waals surface area contributed by atoms with E-state index in [2.05, 4.69) is 0 Å². The van der Waals surface area contributed by atoms with Gasteiger partial charge in [-0.3, -0.25) is 0 Å². The van der Waals surface area contributed by atoms with Crippen LogP contribution in [0.3, 0.4) is 0 Å². The number of ether oxygens (including phenoxy) is 2. The quantitative estimate of drug-likeness (QED) is 0.400. The van der Waals surface area contributed by atoms with E-state index < -0.39 is 20.5 Å². The van der Waals surface area contributed by atoms with Crippen LogP contribution >= 0.6 is 8.60 Å². The van der Waals surface area contributed by atoms with Crippen LogP contribution in [-0.2, 0) is 19.1 Å². The molecule has 2 rings (SSSR count). The van der Waals surface area contributed by atoms with E-state index in [0.29, 0.717) is 0 Å². The maximum absolute atomic E-state index is 11.6. The first kappa shape index (κ1) is 21.0. The topological polar surface area (TPSA) is 113 Å². The van der Waals surface area contributed by atoms with E-state index in [0.717, 1.165) is 51.4 Å². The molecular weight excluding hydrogens is 335 g/mol. The van der Waals surface area contributed by atoms with E-state index in [-0.39, 0.29) is 12.2 Å². The van der Waals surface area contributed by atoms with Gasteiger partial charge in [0.05, 0.1) is 0 Å². The van der Waals surface area contributed by atoms with Crippen LogP contribution in [0.2, 0.25) is 0 Å². The highest BCUT2D eigenvalue weighted by atomic mass is 31.2. The van der Waals surface area contributed by atoms with Crippen LogP contribution in [0.25, 0.3) is 0 Å². The van der Waals surface area contributed by atoms with Gasteiger partial charge >= 0.3 is 20.5 Å². The first-order valence-electron chi connectivity index (χ1n) is 8.43. The standard InChI is InChI=1S/C16H24O4.H3O3P/c17-15(19-13-7-3-1-4-8-13)11-12-16(18)20-14-9-5-2-6-10-14;1-4(2)3/h11-14H,1-10H2;1-3H/b12-11-;. The van der Waals surface area contributed by atoms with Crippen molar-refractivity contribution in [3.63, 3.8) is 0 Å². The lowest BCUT2D eigenvalue weighted by molar-refractivity contribution is -0.147. The van der Waals surface area contributed by atoms with E-state index in [1.54, 1.807) is 0 Å². The summed E-state index contributed by atoms with van der Waals surface area (Å²) >= 11 is 0. The highest BCUT2D eigenvalue weighted by Crippen LogP contribution is 2.21. The Morgan fingerprint density at radius 2 is 1.00 bits per heavy atom. The summed E-state index contributed by atoms with van der Waals surface area (Å²) in [4.78, 5) is 44.9. The average Bonchev–Trinajstić information content (AvgIpc) is 2.54. The fourth-order valence-corrected chi connectivity index (χ4v) is 2.91. The summed E-state index contributed by atoms with van der Waals surface area (Å²) in [6.45, 7) is 0. The van der Waals surface area contributed by atoms with Gasteiger partial charge in [0.25, 0.3) is 0 Å². The first-order chi connectivity index (χ1) is 11.5. The molecule has 0 saturated heterocycles. The lowest BCUT2D eigenvalue weighted by Crippen LogP contribution is -2.21. The Hall–Kier alpha value is -1.01. The van der Waals surface area contributed by atoms with Crippen molar-refractivity contribution in [1.29, 1.82) is 0 Å². The fourth-order valence-electron chi connectivity index (χ4n) is 2.91. The maximum Gasteiger partial charge on any atom is 0.331 e. The van der Waals surface area contributed by atoms with Gasteiger partial charge in [-0.25, -0.2) is 9.59 Å². The summed E-state index contributed by atoms with van der Waals surface area (Å²) in [6.07, 6.45) is 13.1. The molecule has 0 aromatic carbocycles. The summed E-state index contributed by atoms with van der Waals surface area (Å²) in [5.74, 6) is -0.866. The molecule has 0 atom stereocenters. The number of carbonyl (C=O) groups excluding carboxylic acids is 2. The second-order valence-corrected chi connectivity index (χ2v) is 6.53. The summed E-state index contributed by atoms with van der Waals surface area (Å²) in [5, 5.41) is 0. The Morgan fingerprint density at radius 1 is 0.708 bits per heavy atom. The third kappa shape index (κ3) is 10.7. The summed E-state index contributed by atoms with van der Waals surface area (Å²) in [6, 6.07) is 0. The second-order valence-electron chi connectivity index (χ2n) is 6.00. The molecule has 0 spiro atoms. The van der Waals surface area contributed by atoms with Crippen molar-refractivity contribution in [2.24, 2.45) is 0 Å². The third-order valence-corrected chi connectivity index (χ3v) is 4.03. The molecule has 0 aromatic rings. The molecule has 0 aromatic heterocycles. The van der Waals surface area contributed by atoms with Gasteiger partial charge < -0.3 is 24.2 Å². The summed E-state index contributed by atoms with van der Waals surface area (Å²) in [5.41, 5.74) is 0. The van der Waals surface area contributed by atoms with Crippen LogP contribution in [0, 0.1) is 0 Å². The lowest BCUT2D eigenvalue weighted by Gasteiger charge is -2.21. The molecule has 2 aliphatic carbocycles. The fraction of sp³-hybridized carbons (Fsp3) is 0.750. The Bertz CT molecular complexity index is 362. The molecule has 0 amide bonds. The highest BCUT2D eigenvalue weighted by Gasteiger charge is 2.18. The van der Waals surface area contributed by atoms with Crippen molar-refractivity contribution in [1.82, 2.24) is 0 Å². The van der Waals surface area contributed by atoms with Crippen molar-refractivity contribution < 1.29 is 33.7 Å². The normalized spacial score (nSPS) is 19.7. The minimum Gasteiger partial charge on any atom is -0.459 e. The van der Waals surface area contributed by atoms with Gasteiger partial charge in [0.1, 0.15) is 12.2 Å². The molecule has 0 bridgehead atoms. The number of carbonyl (C=O) groups is 2. The van der Waals surface area contributed by atoms with E-state index in [4.69, 9.17) is 24.2 Å². The van der Waals surface area contributed by atoms with Crippen molar-refractivity contribution in [2.75, 3.05) is 0 Å². The van der Waals surface area contributed by atoms with Crippen LogP contribution in [0.4, 0.5) is 0 Å². The van der Waals surface area contributed by atoms with Crippen LogP contribution in [0.1, 0.15) is 64.2 Å². The molecule has 24 heavy (non-hydrogen) atoms. The van der Waals surface area contributed by atoms with Crippen LogP contribution < -0.4 is 0 Å². The van der Waals surface area contributed by atoms with Crippen molar-refractivity contribution in [3.8, 4) is 0 Å². The maximum atomic E-state index is 11.6. The van der Waals surface area contributed by atoms with Gasteiger partial charge in [-0.05, 0) is 51.4 Å². The van der Waals surface area contributed by atoms with E-state index in [1.165, 1.54) is 25.0 Å². The van der Waals surface area contributed by atoms with Crippen LogP contribution in [0.5, 0.6) is 0 Å². The molecule has 0 radical (unpaired) electrons. The molecule has 0 aliphatic heterocycles. The predicted octanol–water partition coefficient (Wildman–Crippen LogP) is 2.48. The second kappa shape index (κ2) is 12.4. The Morgan fingerprint density at radius 3 is 1.29 bits per heavy atom. The Kier molecular flexibility index (Phi) is 10.8. The molecule has 2 fully saturated rings. The zero-order chi connectivity index (χ0) is 17.8. The molecule has 3 N–H and O–H groups in total. The van der Waals surface area contributed by atoms with E-state index in [1.807, 2.05) is 0 Å². The highest BCUT2D eigenvalue weighted by molar-refractivity contribution is 7.38. The van der Waals surface area contributed by atoms with Gasteiger partial charge in [-0.1, -0.05) is 12.8 Å². The Balaban J connectivity index is 0.000000648. The molecule has 2 saturated carbocycles. The smallest absolute Gasteiger partial charge is 0.331 e. The van der Waals surface area contributed by atoms with Crippen LogP contribution in [-0.4, -0.2) is 38.8 Å². The number of rotatable bonds is 4. The SMILES string of the molecule is O=C(/C=C\C(=O)OC1CCCCC1)OC1CCCCC1.OP(O)O. The van der Waals surface area contributed by atoms with E-state index in [9.17, 15) is 9.59 Å². The van der Waals surface area contributed by atoms with E-state index >= 15 is 0 Å². The average molecular weight is 362 g/mol. The zero-order valence-corrected chi connectivity index (χ0v) is 14.7. The van der Waals surface area contributed by atoms with Gasteiger partial charge in [0.2, 0.25) is 0 Å². The molecule has 7 nitrogen and oxygen atoms in total. The number of hydrogen-bond acceptors (Lipinski definition) is 7. The molecule has 2 aliphatic rings. The third-order valence-electron chi connectivity index (χ3n) is 4.03. The number of hydrogen-bond donors (Lipinski definition) is 3. The first-order valence-corrected chi connectivity index (χ1v) is 9.63. The Labute approximate surface area is 143 Å². The predicted molar refractivity (Wildman–Crippen MR) is 88.6 cm³/mol. The molecule has 138 valence electrons. The molecule has 0 heterocycles.